The fourth-order valence-electron chi connectivity index (χ4n) is 0.548. The number of hydrogen-bond donors (Lipinski definition) is 0. The van der Waals surface area contributed by atoms with Crippen LogP contribution < -0.4 is 0 Å². The summed E-state index contributed by atoms with van der Waals surface area (Å²) >= 11 is 3.09. The molecule has 1 aromatic heterocycles. The molecule has 0 atom stereocenters. The summed E-state index contributed by atoms with van der Waals surface area (Å²) in [5.74, 6) is 0. The van der Waals surface area contributed by atoms with Gasteiger partial charge in [0, 0.05) is 6.20 Å². The third kappa shape index (κ3) is 1.31. The molecule has 1 rings (SSSR count). The van der Waals surface area contributed by atoms with Gasteiger partial charge in [-0.3, -0.25) is 0 Å². The Morgan fingerprint density at radius 2 is 2.40 bits per heavy atom. The Balaban J connectivity index is 3.23. The molecule has 0 fully saturated rings. The highest BCUT2D eigenvalue weighted by molar-refractivity contribution is 9.10. The normalized spacial score (nSPS) is 8.90. The summed E-state index contributed by atoms with van der Waals surface area (Å²) in [7, 11) is 0. The first-order chi connectivity index (χ1) is 4.74. The lowest BCUT2D eigenvalue weighted by Crippen LogP contribution is -1.90. The minimum atomic E-state index is 0.517. The number of aromatic nitrogens is 2. The molecule has 0 unspecified atom stereocenters. The minimum Gasteiger partial charge on any atom is -0.229 e. The van der Waals surface area contributed by atoms with Gasteiger partial charge in [-0.1, -0.05) is 0 Å². The van der Waals surface area contributed by atoms with Crippen molar-refractivity contribution < 1.29 is 0 Å². The van der Waals surface area contributed by atoms with Crippen LogP contribution in [0.25, 0.3) is 0 Å². The van der Waals surface area contributed by atoms with Crippen molar-refractivity contribution in [1.82, 2.24) is 9.97 Å². The molecule has 0 radical (unpaired) electrons. The molecule has 1 heterocycles. The van der Waals surface area contributed by atoms with Crippen LogP contribution in [0.4, 0.5) is 0 Å². The number of halogens is 1. The second-order valence-electron chi connectivity index (χ2n) is 1.75. The maximum absolute atomic E-state index is 8.46. The molecule has 1 aromatic rings. The standard InChI is InChI=1S/C6H4BrN3/c1-4-5(2-8)3-9-6(7)10-4/h3H,1H3. The van der Waals surface area contributed by atoms with Crippen LogP contribution in [-0.4, -0.2) is 9.97 Å². The van der Waals surface area contributed by atoms with Gasteiger partial charge in [-0.15, -0.1) is 0 Å². The van der Waals surface area contributed by atoms with Crippen molar-refractivity contribution in [2.45, 2.75) is 6.92 Å². The van der Waals surface area contributed by atoms with E-state index in [9.17, 15) is 0 Å². The molecule has 0 N–H and O–H groups in total. The molecule has 0 bridgehead atoms. The molecular formula is C6H4BrN3. The molecule has 4 heteroatoms. The van der Waals surface area contributed by atoms with Crippen LogP contribution in [0.1, 0.15) is 11.3 Å². The summed E-state index contributed by atoms with van der Waals surface area (Å²) in [6, 6.07) is 1.98. The summed E-state index contributed by atoms with van der Waals surface area (Å²) in [6.45, 7) is 1.77. The average Bonchev–Trinajstić information content (AvgIpc) is 1.88. The van der Waals surface area contributed by atoms with Crippen LogP contribution in [-0.2, 0) is 0 Å². The first-order valence-electron chi connectivity index (χ1n) is 2.63. The van der Waals surface area contributed by atoms with E-state index < -0.39 is 0 Å². The molecule has 0 aromatic carbocycles. The van der Waals surface area contributed by atoms with Crippen molar-refractivity contribution in [3.05, 3.63) is 22.2 Å². The van der Waals surface area contributed by atoms with E-state index >= 15 is 0 Å². The first-order valence-corrected chi connectivity index (χ1v) is 3.42. The van der Waals surface area contributed by atoms with Gasteiger partial charge in [-0.05, 0) is 22.9 Å². The average molecular weight is 198 g/mol. The third-order valence-electron chi connectivity index (χ3n) is 1.07. The molecular weight excluding hydrogens is 194 g/mol. The van der Waals surface area contributed by atoms with Gasteiger partial charge in [0.25, 0.3) is 0 Å². The Morgan fingerprint density at radius 3 is 2.90 bits per heavy atom. The number of nitriles is 1. The molecule has 3 nitrogen and oxygen atoms in total. The molecule has 0 saturated heterocycles. The molecule has 0 aliphatic heterocycles. The molecule has 10 heavy (non-hydrogen) atoms. The van der Waals surface area contributed by atoms with E-state index in [2.05, 4.69) is 25.9 Å². The highest BCUT2D eigenvalue weighted by atomic mass is 79.9. The van der Waals surface area contributed by atoms with Crippen LogP contribution in [0, 0.1) is 18.3 Å². The fourth-order valence-corrected chi connectivity index (χ4v) is 0.917. The first kappa shape index (κ1) is 7.16. The zero-order valence-electron chi connectivity index (χ0n) is 5.30. The molecule has 0 spiro atoms. The largest absolute Gasteiger partial charge is 0.229 e. The fraction of sp³-hybridized carbons (Fsp3) is 0.167. The second-order valence-corrected chi connectivity index (χ2v) is 2.46. The summed E-state index contributed by atoms with van der Waals surface area (Å²) in [5.41, 5.74) is 1.22. The summed E-state index contributed by atoms with van der Waals surface area (Å²) in [5, 5.41) is 8.46. The second kappa shape index (κ2) is 2.76. The van der Waals surface area contributed by atoms with Crippen molar-refractivity contribution in [3.8, 4) is 6.07 Å². The zero-order valence-corrected chi connectivity index (χ0v) is 6.88. The van der Waals surface area contributed by atoms with Gasteiger partial charge in [0.2, 0.25) is 0 Å². The van der Waals surface area contributed by atoms with Gasteiger partial charge in [0.1, 0.15) is 6.07 Å². The zero-order chi connectivity index (χ0) is 7.56. The number of rotatable bonds is 0. The number of hydrogen-bond acceptors (Lipinski definition) is 3. The highest BCUT2D eigenvalue weighted by Gasteiger charge is 1.97. The van der Waals surface area contributed by atoms with Gasteiger partial charge in [0.15, 0.2) is 4.73 Å². The van der Waals surface area contributed by atoms with Crippen LogP contribution in [0.2, 0.25) is 0 Å². The molecule has 0 amide bonds. The van der Waals surface area contributed by atoms with E-state index in [4.69, 9.17) is 5.26 Å². The molecule has 0 saturated carbocycles. The van der Waals surface area contributed by atoms with E-state index in [-0.39, 0.29) is 0 Å². The topological polar surface area (TPSA) is 49.6 Å². The van der Waals surface area contributed by atoms with Gasteiger partial charge in [0.05, 0.1) is 11.3 Å². The van der Waals surface area contributed by atoms with Crippen molar-refractivity contribution in [2.75, 3.05) is 0 Å². The Hall–Kier alpha value is -0.950. The lowest BCUT2D eigenvalue weighted by molar-refractivity contribution is 1.04. The van der Waals surface area contributed by atoms with E-state index in [1.807, 2.05) is 6.07 Å². The number of aryl methyl sites for hydroxylation is 1. The minimum absolute atomic E-state index is 0.517. The lowest BCUT2D eigenvalue weighted by atomic mass is 10.3. The van der Waals surface area contributed by atoms with Crippen molar-refractivity contribution in [2.24, 2.45) is 0 Å². The SMILES string of the molecule is Cc1nc(Br)ncc1C#N. The molecule has 50 valence electrons. The predicted molar refractivity (Wildman–Crippen MR) is 39.2 cm³/mol. The maximum Gasteiger partial charge on any atom is 0.196 e. The third-order valence-corrected chi connectivity index (χ3v) is 1.45. The van der Waals surface area contributed by atoms with E-state index in [0.29, 0.717) is 16.0 Å². The quantitative estimate of drug-likeness (QED) is 0.592. The Kier molecular flexibility index (Phi) is 1.97. The van der Waals surface area contributed by atoms with Crippen molar-refractivity contribution in [1.29, 1.82) is 5.26 Å². The Labute approximate surface area is 66.9 Å². The van der Waals surface area contributed by atoms with Crippen molar-refractivity contribution >= 4 is 15.9 Å². The van der Waals surface area contributed by atoms with Crippen LogP contribution in [0.3, 0.4) is 0 Å². The lowest BCUT2D eigenvalue weighted by Gasteiger charge is -1.93. The van der Waals surface area contributed by atoms with Crippen LogP contribution in [0.15, 0.2) is 10.9 Å². The van der Waals surface area contributed by atoms with Gasteiger partial charge < -0.3 is 0 Å². The maximum atomic E-state index is 8.46. The van der Waals surface area contributed by atoms with Gasteiger partial charge in [-0.25, -0.2) is 9.97 Å². The molecule has 0 aliphatic carbocycles. The summed E-state index contributed by atoms with van der Waals surface area (Å²) < 4.78 is 0.518. The van der Waals surface area contributed by atoms with E-state index in [1.165, 1.54) is 6.20 Å². The van der Waals surface area contributed by atoms with Crippen LogP contribution >= 0.6 is 15.9 Å². The Bertz CT molecular complexity index is 290. The van der Waals surface area contributed by atoms with Crippen molar-refractivity contribution in [3.63, 3.8) is 0 Å². The summed E-state index contributed by atoms with van der Waals surface area (Å²) in [4.78, 5) is 7.72. The monoisotopic (exact) mass is 197 g/mol. The van der Waals surface area contributed by atoms with Gasteiger partial charge in [-0.2, -0.15) is 5.26 Å². The van der Waals surface area contributed by atoms with Gasteiger partial charge >= 0.3 is 0 Å². The number of nitrogens with zero attached hydrogens (tertiary/aromatic N) is 3. The highest BCUT2D eigenvalue weighted by Crippen LogP contribution is 2.05. The Morgan fingerprint density at radius 1 is 1.70 bits per heavy atom. The summed E-state index contributed by atoms with van der Waals surface area (Å²) in [6.07, 6.45) is 1.49. The smallest absolute Gasteiger partial charge is 0.196 e. The van der Waals surface area contributed by atoms with Crippen LogP contribution in [0.5, 0.6) is 0 Å². The predicted octanol–water partition coefficient (Wildman–Crippen LogP) is 1.42. The molecule has 0 aliphatic rings. The van der Waals surface area contributed by atoms with E-state index in [0.717, 1.165) is 0 Å². The van der Waals surface area contributed by atoms with E-state index in [1.54, 1.807) is 6.92 Å².